The number of carbonyl (C=O) groups excluding carboxylic acids is 2. The van der Waals surface area contributed by atoms with E-state index in [9.17, 15) is 19.8 Å². The summed E-state index contributed by atoms with van der Waals surface area (Å²) in [5.74, 6) is -1.35. The quantitative estimate of drug-likeness (QED) is 0.166. The van der Waals surface area contributed by atoms with Crippen LogP contribution in [0.5, 0.6) is 0 Å². The van der Waals surface area contributed by atoms with E-state index >= 15 is 0 Å². The molecule has 14 nitrogen and oxygen atoms in total. The minimum absolute atomic E-state index is 0.0646. The molecular formula is C22H31ClN10O4. The Morgan fingerprint density at radius 2 is 1.84 bits per heavy atom. The fourth-order valence-electron chi connectivity index (χ4n) is 3.89. The van der Waals surface area contributed by atoms with E-state index in [1.165, 1.54) is 4.90 Å². The normalized spacial score (nSPS) is 14.9. The average Bonchev–Trinajstić information content (AvgIpc) is 2.87. The molecule has 3 rings (SSSR count). The number of nitrogens with zero attached hydrogens (tertiary/aromatic N) is 6. The zero-order valence-electron chi connectivity index (χ0n) is 20.2. The standard InChI is InChI=1S/C22H31ClN10O4/c23-17-19(25)30-18(24)16(29-17)20(36)31-22(26)28-14-2-5-32(6-3-14)12-13-1-4-27-15(11-13)21(37)33(7-9-34)8-10-35/h1,4,11,14,34-35H,2-3,5-10,12H2,(H4,24,25,30)(H3,26,28,31,36). The van der Waals surface area contributed by atoms with Crippen molar-refractivity contribution >= 4 is 41.0 Å². The smallest absolute Gasteiger partial charge is 0.280 e. The van der Waals surface area contributed by atoms with Gasteiger partial charge in [-0.2, -0.15) is 0 Å². The molecular weight excluding hydrogens is 504 g/mol. The molecule has 0 aliphatic carbocycles. The summed E-state index contributed by atoms with van der Waals surface area (Å²) in [7, 11) is 0. The molecule has 200 valence electrons. The summed E-state index contributed by atoms with van der Waals surface area (Å²) in [5, 5.41) is 20.6. The van der Waals surface area contributed by atoms with Gasteiger partial charge in [0.1, 0.15) is 5.69 Å². The molecule has 2 amide bonds. The van der Waals surface area contributed by atoms with Crippen molar-refractivity contribution in [2.24, 2.45) is 10.7 Å². The van der Waals surface area contributed by atoms with Crippen LogP contribution in [0.25, 0.3) is 0 Å². The predicted molar refractivity (Wildman–Crippen MR) is 138 cm³/mol. The molecule has 0 unspecified atom stereocenters. The van der Waals surface area contributed by atoms with Gasteiger partial charge in [-0.05, 0) is 30.5 Å². The number of nitrogen functional groups attached to an aromatic ring is 2. The molecule has 0 atom stereocenters. The van der Waals surface area contributed by atoms with Crippen molar-refractivity contribution in [3.8, 4) is 0 Å². The molecule has 9 N–H and O–H groups in total. The van der Waals surface area contributed by atoms with Crippen molar-refractivity contribution in [1.82, 2.24) is 30.1 Å². The number of anilines is 2. The van der Waals surface area contributed by atoms with Crippen LogP contribution in [0.3, 0.4) is 0 Å². The summed E-state index contributed by atoms with van der Waals surface area (Å²) in [6.45, 7) is 1.92. The number of piperidine rings is 1. The summed E-state index contributed by atoms with van der Waals surface area (Å²) >= 11 is 5.82. The van der Waals surface area contributed by atoms with Gasteiger partial charge >= 0.3 is 0 Å². The van der Waals surface area contributed by atoms with Crippen molar-refractivity contribution in [3.05, 3.63) is 40.4 Å². The number of likely N-dealkylation sites (tertiary alicyclic amines) is 1. The summed E-state index contributed by atoms with van der Waals surface area (Å²) in [4.78, 5) is 44.8. The van der Waals surface area contributed by atoms with Crippen LogP contribution < -0.4 is 22.5 Å². The van der Waals surface area contributed by atoms with Crippen LogP contribution in [0, 0.1) is 0 Å². The maximum atomic E-state index is 12.7. The SMILES string of the molecule is NC(=NC1CCN(Cc2ccnc(C(=O)N(CCO)CCO)c2)CC1)NC(=O)c1nc(Cl)c(N)nc1N. The maximum Gasteiger partial charge on any atom is 0.280 e. The molecule has 1 saturated heterocycles. The molecule has 2 aromatic rings. The summed E-state index contributed by atoms with van der Waals surface area (Å²) in [6.07, 6.45) is 3.00. The Bertz CT molecular complexity index is 1130. The lowest BCUT2D eigenvalue weighted by molar-refractivity contribution is 0.0678. The highest BCUT2D eigenvalue weighted by molar-refractivity contribution is 6.31. The van der Waals surface area contributed by atoms with Gasteiger partial charge in [-0.1, -0.05) is 11.6 Å². The fourth-order valence-corrected chi connectivity index (χ4v) is 4.01. The van der Waals surface area contributed by atoms with Gasteiger partial charge in [-0.15, -0.1) is 0 Å². The van der Waals surface area contributed by atoms with Crippen LogP contribution in [0.2, 0.25) is 5.15 Å². The number of pyridine rings is 1. The third kappa shape index (κ3) is 7.69. The number of nitrogens with two attached hydrogens (primary N) is 3. The molecule has 0 bridgehead atoms. The number of hydrogen-bond donors (Lipinski definition) is 6. The largest absolute Gasteiger partial charge is 0.395 e. The van der Waals surface area contributed by atoms with Gasteiger partial charge < -0.3 is 32.3 Å². The average molecular weight is 535 g/mol. The number of nitrogens with one attached hydrogen (secondary N) is 1. The number of amides is 2. The van der Waals surface area contributed by atoms with Gasteiger partial charge in [0.2, 0.25) is 0 Å². The third-order valence-electron chi connectivity index (χ3n) is 5.72. The third-order valence-corrected chi connectivity index (χ3v) is 6.00. The number of aliphatic imine (C=N–C) groups is 1. The monoisotopic (exact) mass is 534 g/mol. The molecule has 1 aliphatic rings. The van der Waals surface area contributed by atoms with Crippen LogP contribution >= 0.6 is 11.6 Å². The molecule has 37 heavy (non-hydrogen) atoms. The van der Waals surface area contributed by atoms with E-state index in [1.807, 2.05) is 6.07 Å². The van der Waals surface area contributed by atoms with Gasteiger partial charge in [-0.25, -0.2) is 15.0 Å². The second-order valence-corrected chi connectivity index (χ2v) is 8.76. The summed E-state index contributed by atoms with van der Waals surface area (Å²) < 4.78 is 0. The minimum Gasteiger partial charge on any atom is -0.395 e. The van der Waals surface area contributed by atoms with Gasteiger partial charge in [0.15, 0.2) is 28.4 Å². The lowest BCUT2D eigenvalue weighted by Gasteiger charge is -2.30. The Labute approximate surface area is 218 Å². The van der Waals surface area contributed by atoms with E-state index in [0.717, 1.165) is 18.7 Å². The fraction of sp³-hybridized carbons (Fsp3) is 0.455. The topological polar surface area (TPSA) is 222 Å². The van der Waals surface area contributed by atoms with Crippen molar-refractivity contribution in [3.63, 3.8) is 0 Å². The van der Waals surface area contributed by atoms with E-state index in [4.69, 9.17) is 28.8 Å². The zero-order chi connectivity index (χ0) is 26.9. The van der Waals surface area contributed by atoms with Gasteiger partial charge in [0, 0.05) is 38.9 Å². The first-order chi connectivity index (χ1) is 17.7. The highest BCUT2D eigenvalue weighted by Gasteiger charge is 2.22. The predicted octanol–water partition coefficient (Wildman–Crippen LogP) is -1.17. The number of aliphatic hydroxyl groups excluding tert-OH is 2. The van der Waals surface area contributed by atoms with Crippen molar-refractivity contribution in [1.29, 1.82) is 0 Å². The lowest BCUT2D eigenvalue weighted by atomic mass is 10.0. The number of halogens is 1. The highest BCUT2D eigenvalue weighted by Crippen LogP contribution is 2.18. The van der Waals surface area contributed by atoms with E-state index < -0.39 is 5.91 Å². The zero-order valence-corrected chi connectivity index (χ0v) is 20.9. The molecule has 2 aromatic heterocycles. The molecule has 0 radical (unpaired) electrons. The first kappa shape index (κ1) is 28.0. The van der Waals surface area contributed by atoms with Gasteiger partial charge in [0.25, 0.3) is 11.8 Å². The molecule has 0 spiro atoms. The second-order valence-electron chi connectivity index (χ2n) is 8.40. The number of aliphatic hydroxyl groups is 2. The maximum absolute atomic E-state index is 12.7. The summed E-state index contributed by atoms with van der Waals surface area (Å²) in [5.41, 5.74) is 18.1. The Morgan fingerprint density at radius 1 is 1.16 bits per heavy atom. The molecule has 0 saturated carbocycles. The molecule has 1 aliphatic heterocycles. The first-order valence-electron chi connectivity index (χ1n) is 11.6. The lowest BCUT2D eigenvalue weighted by Crippen LogP contribution is -2.41. The summed E-state index contributed by atoms with van der Waals surface area (Å²) in [6, 6.07) is 3.48. The molecule has 3 heterocycles. The van der Waals surface area contributed by atoms with Gasteiger partial charge in [-0.3, -0.25) is 24.8 Å². The van der Waals surface area contributed by atoms with Crippen LogP contribution in [0.15, 0.2) is 23.3 Å². The minimum atomic E-state index is -0.690. The first-order valence-corrected chi connectivity index (χ1v) is 12.0. The number of guanidine groups is 1. The second kappa shape index (κ2) is 13.1. The number of aromatic nitrogens is 3. The number of carbonyl (C=O) groups is 2. The molecule has 0 aromatic carbocycles. The Kier molecular flexibility index (Phi) is 9.91. The highest BCUT2D eigenvalue weighted by atomic mass is 35.5. The van der Waals surface area contributed by atoms with Crippen LogP contribution in [0.4, 0.5) is 11.6 Å². The molecule has 15 heteroatoms. The Hall–Kier alpha value is -3.59. The van der Waals surface area contributed by atoms with E-state index in [2.05, 4.69) is 30.2 Å². The number of hydrogen-bond acceptors (Lipinski definition) is 11. The number of rotatable bonds is 9. The van der Waals surface area contributed by atoms with E-state index in [0.29, 0.717) is 19.4 Å². The van der Waals surface area contributed by atoms with Crippen LogP contribution in [-0.2, 0) is 6.54 Å². The molecule has 1 fully saturated rings. The Morgan fingerprint density at radius 3 is 2.49 bits per heavy atom. The van der Waals surface area contributed by atoms with Crippen molar-refractivity contribution in [2.75, 3.05) is 50.9 Å². The van der Waals surface area contributed by atoms with E-state index in [-0.39, 0.29) is 72.4 Å². The van der Waals surface area contributed by atoms with E-state index in [1.54, 1.807) is 12.3 Å². The van der Waals surface area contributed by atoms with Crippen LogP contribution in [-0.4, -0.2) is 98.2 Å². The van der Waals surface area contributed by atoms with Crippen LogP contribution in [0.1, 0.15) is 39.4 Å². The van der Waals surface area contributed by atoms with Crippen molar-refractivity contribution in [2.45, 2.75) is 25.4 Å². The Balaban J connectivity index is 1.54. The van der Waals surface area contributed by atoms with Crippen molar-refractivity contribution < 1.29 is 19.8 Å². The van der Waals surface area contributed by atoms with Gasteiger partial charge in [0.05, 0.1) is 19.3 Å².